The molecule has 4 aliphatic rings. The van der Waals surface area contributed by atoms with E-state index in [0.717, 1.165) is 0 Å². The Bertz CT molecular complexity index is 1390. The van der Waals surface area contributed by atoms with E-state index in [-0.39, 0.29) is 0 Å². The molecule has 29 nitrogen and oxygen atoms in total. The first-order chi connectivity index (χ1) is 27.4. The lowest BCUT2D eigenvalue weighted by Crippen LogP contribution is -2.69. The first-order valence-electron chi connectivity index (χ1n) is 17.7. The zero-order chi connectivity index (χ0) is 44.5. The zero-order valence-corrected chi connectivity index (χ0v) is 31.2. The maximum absolute atomic E-state index is 11.9. The molecule has 19 N–H and O–H groups in total. The molecule has 30 heteroatoms. The minimum Gasteiger partial charge on any atom is -0.477 e. The molecule has 0 unspecified atom stereocenters. The van der Waals surface area contributed by atoms with Crippen molar-refractivity contribution in [3.63, 3.8) is 0 Å². The van der Waals surface area contributed by atoms with Crippen LogP contribution in [0.25, 0.3) is 0 Å². The van der Waals surface area contributed by atoms with Crippen molar-refractivity contribution in [3.05, 3.63) is 0 Å². The predicted octanol–water partition coefficient (Wildman–Crippen LogP) is -11.7. The van der Waals surface area contributed by atoms with Crippen molar-refractivity contribution in [2.45, 2.75) is 147 Å². The molecule has 4 heterocycles. The molecule has 23 atom stereocenters. The van der Waals surface area contributed by atoms with Crippen LogP contribution in [0, 0.1) is 0 Å². The molecular formula is C29H51O29P. The second-order valence-electron chi connectivity index (χ2n) is 14.2. The smallest absolute Gasteiger partial charge is 0.469 e. The van der Waals surface area contributed by atoms with Crippen LogP contribution in [-0.4, -0.2) is 270 Å². The molecule has 0 aromatic carbocycles. The Morgan fingerprint density at radius 1 is 0.576 bits per heavy atom. The van der Waals surface area contributed by atoms with Crippen LogP contribution in [0.15, 0.2) is 0 Å². The first kappa shape index (κ1) is 50.3. The van der Waals surface area contributed by atoms with Gasteiger partial charge in [0.05, 0.1) is 26.4 Å². The summed E-state index contributed by atoms with van der Waals surface area (Å²) in [6, 6.07) is 0. The third kappa shape index (κ3) is 11.1. The molecule has 4 fully saturated rings. The molecule has 0 aliphatic carbocycles. The molecule has 4 saturated heterocycles. The number of aliphatic hydroxyl groups is 16. The van der Waals surface area contributed by atoms with E-state index in [1.165, 1.54) is 0 Å². The maximum atomic E-state index is 11.9. The third-order valence-corrected chi connectivity index (χ3v) is 10.6. The fourth-order valence-electron chi connectivity index (χ4n) is 6.89. The van der Waals surface area contributed by atoms with Gasteiger partial charge in [0.15, 0.2) is 18.9 Å². The lowest BCUT2D eigenvalue weighted by atomic mass is 9.91. The topological polar surface area (TPSA) is 492 Å². The summed E-state index contributed by atoms with van der Waals surface area (Å²) in [5, 5.41) is 176. The van der Waals surface area contributed by atoms with Gasteiger partial charge in [0.2, 0.25) is 0 Å². The van der Waals surface area contributed by atoms with Crippen LogP contribution in [0.2, 0.25) is 0 Å². The van der Waals surface area contributed by atoms with Crippen LogP contribution < -0.4 is 0 Å². The monoisotopic (exact) mass is 894 g/mol. The summed E-state index contributed by atoms with van der Waals surface area (Å²) in [6.07, 6.45) is -50.0. The highest BCUT2D eigenvalue weighted by atomic mass is 31.2. The fraction of sp³-hybridized carbons (Fsp3) is 0.966. The Kier molecular flexibility index (Phi) is 17.4. The predicted molar refractivity (Wildman–Crippen MR) is 174 cm³/mol. The van der Waals surface area contributed by atoms with Crippen LogP contribution in [-0.2, 0) is 47.0 Å². The number of aliphatic carboxylic acids is 1. The molecule has 0 radical (unpaired) electrons. The van der Waals surface area contributed by atoms with Crippen LogP contribution >= 0.6 is 7.82 Å². The van der Waals surface area contributed by atoms with Gasteiger partial charge >= 0.3 is 13.8 Å². The Hall–Kier alpha value is -1.34. The second kappa shape index (κ2) is 20.4. The summed E-state index contributed by atoms with van der Waals surface area (Å²) in [5.74, 6) is -5.53. The quantitative estimate of drug-likeness (QED) is 0.0603. The van der Waals surface area contributed by atoms with Crippen molar-refractivity contribution >= 4 is 13.8 Å². The minimum atomic E-state index is -5.67. The molecule has 4 aliphatic heterocycles. The number of carboxylic acid groups (broad SMARTS) is 1. The summed E-state index contributed by atoms with van der Waals surface area (Å²) in [7, 11) is -5.67. The fourth-order valence-corrected chi connectivity index (χ4v) is 7.43. The van der Waals surface area contributed by atoms with Gasteiger partial charge in [-0.05, 0) is 0 Å². The van der Waals surface area contributed by atoms with E-state index in [9.17, 15) is 106 Å². The van der Waals surface area contributed by atoms with E-state index < -0.39 is 187 Å². The third-order valence-electron chi connectivity index (χ3n) is 10.0. The standard InChI is InChI=1S/C29H51O29P/c30-2-6(34)18-12(39)11(38)15(42)25(51-18)56-24-14(41)13(40)19(7(35)3-31)53-27(24)55-23-16(43)20(8(36)4-32)52-26(17(23)44)54-22-10(58-59(48,49)50)1-29(47,28(45)46)57-21(22)9(37)5-33/h6-27,30-44,47H,1-5H2,(H,45,46)(H2,48,49,50)/t6-,7-,8-,9+,10+,11-,12-,13-,14-,15-,16+,17-,18+,19+,20+,21+,22+,23-,24-,25+,26+,27+,29+/m0/s1. The summed E-state index contributed by atoms with van der Waals surface area (Å²) in [6.45, 7) is -4.69. The van der Waals surface area contributed by atoms with Crippen LogP contribution in [0.1, 0.15) is 6.42 Å². The molecule has 0 bridgehead atoms. The van der Waals surface area contributed by atoms with E-state index in [1.54, 1.807) is 0 Å². The molecular weight excluding hydrogens is 843 g/mol. The van der Waals surface area contributed by atoms with Crippen molar-refractivity contribution in [2.24, 2.45) is 0 Å². The molecule has 346 valence electrons. The van der Waals surface area contributed by atoms with Gasteiger partial charge in [0, 0.05) is 6.42 Å². The van der Waals surface area contributed by atoms with Crippen LogP contribution in [0.5, 0.6) is 0 Å². The van der Waals surface area contributed by atoms with E-state index in [0.29, 0.717) is 0 Å². The Balaban J connectivity index is 1.74. The number of carboxylic acids is 1. The summed E-state index contributed by atoms with van der Waals surface area (Å²) in [4.78, 5) is 31.1. The summed E-state index contributed by atoms with van der Waals surface area (Å²) in [5.41, 5.74) is 0. The Morgan fingerprint density at radius 3 is 1.46 bits per heavy atom. The maximum Gasteiger partial charge on any atom is 0.469 e. The number of carbonyl (C=O) groups is 1. The average Bonchev–Trinajstić information content (AvgIpc) is 3.18. The van der Waals surface area contributed by atoms with Gasteiger partial charge in [0.25, 0.3) is 5.79 Å². The number of hydrogen-bond acceptors (Lipinski definition) is 26. The first-order valence-corrected chi connectivity index (χ1v) is 19.2. The largest absolute Gasteiger partial charge is 0.477 e. The number of phosphoric acid groups is 1. The summed E-state index contributed by atoms with van der Waals surface area (Å²) < 4.78 is 54.9. The van der Waals surface area contributed by atoms with E-state index >= 15 is 0 Å². The molecule has 0 amide bonds. The van der Waals surface area contributed by atoms with Crippen molar-refractivity contribution < 1.29 is 144 Å². The van der Waals surface area contributed by atoms with Crippen molar-refractivity contribution in [1.82, 2.24) is 0 Å². The van der Waals surface area contributed by atoms with Crippen LogP contribution in [0.3, 0.4) is 0 Å². The van der Waals surface area contributed by atoms with Crippen molar-refractivity contribution in [2.75, 3.05) is 26.4 Å². The average molecular weight is 895 g/mol. The van der Waals surface area contributed by atoms with Gasteiger partial charge in [-0.1, -0.05) is 0 Å². The lowest BCUT2D eigenvalue weighted by Gasteiger charge is -2.51. The summed E-state index contributed by atoms with van der Waals surface area (Å²) >= 11 is 0. The van der Waals surface area contributed by atoms with Gasteiger partial charge in [-0.3, -0.25) is 4.52 Å². The molecule has 0 aromatic heterocycles. The van der Waals surface area contributed by atoms with Gasteiger partial charge in [-0.25, -0.2) is 9.36 Å². The van der Waals surface area contributed by atoms with E-state index in [4.69, 9.17) is 33.2 Å². The Labute approximate surface area is 331 Å². The molecule has 59 heavy (non-hydrogen) atoms. The second-order valence-corrected chi connectivity index (χ2v) is 15.3. The zero-order valence-electron chi connectivity index (χ0n) is 30.3. The van der Waals surface area contributed by atoms with Gasteiger partial charge in [-0.2, -0.15) is 0 Å². The van der Waals surface area contributed by atoms with Crippen molar-refractivity contribution in [1.29, 1.82) is 0 Å². The number of aliphatic hydroxyl groups excluding tert-OH is 15. The van der Waals surface area contributed by atoms with E-state index in [2.05, 4.69) is 4.52 Å². The SMILES string of the molecule is O=C(O)[C@@]1(O)C[C@@H](OP(=O)(O)O)[C@@H](O[C@H]2O[C@H]([C@@H](O)CO)[C@@H](O)[C@H](O[C@H]3O[C@H]([C@@H](O)CO)[C@@H](O)[C@H](O)[C@@H]3O[C@H]3O[C@H]([C@@H](O)CO)[C@@H](O)[C@H](O)[C@@H]3O)[C@@H]2O)[C@@H]([C@H](O)CO)O1. The lowest BCUT2D eigenvalue weighted by molar-refractivity contribution is -0.402. The molecule has 0 aromatic rings. The number of rotatable bonds is 17. The Morgan fingerprint density at radius 2 is 0.983 bits per heavy atom. The molecule has 0 saturated carbocycles. The highest BCUT2D eigenvalue weighted by Crippen LogP contribution is 2.45. The van der Waals surface area contributed by atoms with Gasteiger partial charge in [0.1, 0.15) is 116 Å². The highest BCUT2D eigenvalue weighted by molar-refractivity contribution is 7.46. The molecule has 4 rings (SSSR count). The normalized spacial score (nSPS) is 45.7. The van der Waals surface area contributed by atoms with Crippen molar-refractivity contribution in [3.8, 4) is 0 Å². The van der Waals surface area contributed by atoms with Crippen LogP contribution in [0.4, 0.5) is 0 Å². The minimum absolute atomic E-state index is 1.06. The van der Waals surface area contributed by atoms with Gasteiger partial charge in [-0.15, -0.1) is 0 Å². The number of ether oxygens (including phenoxy) is 7. The highest BCUT2D eigenvalue weighted by Gasteiger charge is 2.60. The van der Waals surface area contributed by atoms with Gasteiger partial charge < -0.3 is 130 Å². The molecule has 0 spiro atoms. The number of phosphoric ester groups is 1. The number of hydrogen-bond donors (Lipinski definition) is 19. The van der Waals surface area contributed by atoms with E-state index in [1.807, 2.05) is 0 Å².